The van der Waals surface area contributed by atoms with Gasteiger partial charge in [0.05, 0.1) is 9.82 Å². The molecule has 3 N–H and O–H groups in total. The fourth-order valence-corrected chi connectivity index (χ4v) is 4.38. The predicted octanol–water partition coefficient (Wildman–Crippen LogP) is 3.28. The zero-order valence-electron chi connectivity index (χ0n) is 17.8. The Balaban J connectivity index is 2.43. The highest BCUT2D eigenvalue weighted by Gasteiger charge is 2.62. The minimum absolute atomic E-state index is 0.0396. The molecule has 1 atom stereocenters. The molecule has 17 heteroatoms. The van der Waals surface area contributed by atoms with Gasteiger partial charge in [-0.05, 0) is 36.4 Å². The van der Waals surface area contributed by atoms with Crippen molar-refractivity contribution >= 4 is 38.7 Å². The number of sulfone groups is 1. The molecule has 0 saturated carbocycles. The molecule has 0 radical (unpaired) electrons. The summed E-state index contributed by atoms with van der Waals surface area (Å²) in [4.78, 5) is 32.0. The molecule has 0 bridgehead atoms. The number of nitrogens with zero attached hydrogens (tertiary/aromatic N) is 1. The zero-order valence-corrected chi connectivity index (χ0v) is 18.6. The summed E-state index contributed by atoms with van der Waals surface area (Å²) in [5, 5.41) is 24.5. The van der Waals surface area contributed by atoms with Gasteiger partial charge < -0.3 is 15.7 Å². The van der Waals surface area contributed by atoms with E-state index in [0.29, 0.717) is 6.07 Å². The number of aliphatic hydroxyl groups is 1. The smallest absolute Gasteiger partial charge is 0.372 e. The van der Waals surface area contributed by atoms with Gasteiger partial charge in [0.1, 0.15) is 11.3 Å². The van der Waals surface area contributed by atoms with Crippen LogP contribution in [-0.2, 0) is 25.6 Å². The Kier molecular flexibility index (Phi) is 7.70. The molecule has 0 aromatic heterocycles. The van der Waals surface area contributed by atoms with E-state index in [2.05, 4.69) is 5.32 Å². The molecule has 0 aliphatic heterocycles. The van der Waals surface area contributed by atoms with Gasteiger partial charge in [-0.25, -0.2) is 8.42 Å². The lowest BCUT2D eigenvalue weighted by Gasteiger charge is -2.29. The van der Waals surface area contributed by atoms with Crippen LogP contribution < -0.4 is 10.6 Å². The van der Waals surface area contributed by atoms with Gasteiger partial charge in [0.25, 0.3) is 17.2 Å². The molecule has 2 aromatic rings. The fourth-order valence-electron chi connectivity index (χ4n) is 2.82. The van der Waals surface area contributed by atoms with Gasteiger partial charge in [-0.3, -0.25) is 19.7 Å². The summed E-state index contributed by atoms with van der Waals surface area (Å²) in [6.07, 6.45) is -11.3. The molecule has 196 valence electrons. The zero-order chi connectivity index (χ0) is 27.7. The molecule has 0 saturated heterocycles. The number of nitro groups is 1. The van der Waals surface area contributed by atoms with E-state index in [9.17, 15) is 59.6 Å². The van der Waals surface area contributed by atoms with E-state index in [1.807, 2.05) is 0 Å². The highest BCUT2D eigenvalue weighted by atomic mass is 32.2. The second-order valence-electron chi connectivity index (χ2n) is 7.26. The quantitative estimate of drug-likeness (QED) is 0.275. The van der Waals surface area contributed by atoms with Crippen molar-refractivity contribution in [2.75, 3.05) is 16.4 Å². The number of amides is 2. The van der Waals surface area contributed by atoms with Crippen molar-refractivity contribution in [2.45, 2.75) is 29.8 Å². The lowest BCUT2D eigenvalue weighted by molar-refractivity contribution is -0.388. The molecule has 1 unspecified atom stereocenters. The minimum Gasteiger partial charge on any atom is -0.372 e. The molecule has 36 heavy (non-hydrogen) atoms. The average Bonchev–Trinajstić information content (AvgIpc) is 2.71. The van der Waals surface area contributed by atoms with Gasteiger partial charge in [-0.15, -0.1) is 0 Å². The lowest BCUT2D eigenvalue weighted by Crippen LogP contribution is -2.59. The topological polar surface area (TPSA) is 156 Å². The number of anilines is 2. The Morgan fingerprint density at radius 2 is 1.50 bits per heavy atom. The molecule has 0 aliphatic carbocycles. The Labute approximate surface area is 198 Å². The van der Waals surface area contributed by atoms with Crippen LogP contribution in [0.3, 0.4) is 0 Å². The molecule has 0 aliphatic rings. The van der Waals surface area contributed by atoms with E-state index < -0.39 is 72.1 Å². The van der Waals surface area contributed by atoms with Crippen molar-refractivity contribution in [3.05, 3.63) is 58.1 Å². The van der Waals surface area contributed by atoms with Gasteiger partial charge in [0.2, 0.25) is 5.91 Å². The van der Waals surface area contributed by atoms with E-state index in [1.54, 1.807) is 0 Å². The number of alkyl halides is 6. The number of halogens is 6. The summed E-state index contributed by atoms with van der Waals surface area (Å²) in [6.45, 7) is 1.13. The molecule has 2 amide bonds. The van der Waals surface area contributed by atoms with Crippen LogP contribution in [0.25, 0.3) is 0 Å². The van der Waals surface area contributed by atoms with E-state index in [4.69, 9.17) is 0 Å². The molecular formula is C19H15F6N3O7S. The maximum Gasteiger partial charge on any atom is 0.427 e. The maximum atomic E-state index is 13.7. The van der Waals surface area contributed by atoms with E-state index in [-0.39, 0.29) is 17.8 Å². The number of nitrogens with one attached hydrogen (secondary N) is 2. The highest BCUT2D eigenvalue weighted by Crippen LogP contribution is 2.39. The first-order chi connectivity index (χ1) is 16.3. The van der Waals surface area contributed by atoms with E-state index >= 15 is 0 Å². The number of nitro benzene ring substituents is 1. The van der Waals surface area contributed by atoms with Gasteiger partial charge in [-0.1, -0.05) is 0 Å². The van der Waals surface area contributed by atoms with Crippen LogP contribution in [0.5, 0.6) is 0 Å². The van der Waals surface area contributed by atoms with Crippen molar-refractivity contribution in [1.29, 1.82) is 0 Å². The summed E-state index contributed by atoms with van der Waals surface area (Å²) in [5.41, 5.74) is -8.95. The number of carbonyl (C=O) groups is 2. The number of benzene rings is 2. The largest absolute Gasteiger partial charge is 0.427 e. The molecular weight excluding hydrogens is 528 g/mol. The molecule has 0 spiro atoms. The van der Waals surface area contributed by atoms with Crippen LogP contribution in [0.1, 0.15) is 12.5 Å². The third-order valence-corrected chi connectivity index (χ3v) is 6.32. The number of hydrogen-bond donors (Lipinski definition) is 3. The monoisotopic (exact) mass is 543 g/mol. The number of rotatable bonds is 7. The lowest BCUT2D eigenvalue weighted by atomic mass is 10.0. The maximum absolute atomic E-state index is 13.7. The summed E-state index contributed by atoms with van der Waals surface area (Å²) in [7, 11) is -5.05. The van der Waals surface area contributed by atoms with E-state index in [1.165, 1.54) is 5.32 Å². The summed E-state index contributed by atoms with van der Waals surface area (Å²) in [5.74, 6) is -5.24. The van der Waals surface area contributed by atoms with Gasteiger partial charge in [-0.2, -0.15) is 26.3 Å². The number of hydrogen-bond acceptors (Lipinski definition) is 7. The Morgan fingerprint density at radius 1 is 0.972 bits per heavy atom. The minimum atomic E-state index is -5.92. The van der Waals surface area contributed by atoms with Crippen LogP contribution in [0.2, 0.25) is 0 Å². The number of carbonyl (C=O) groups excluding carboxylic acids is 2. The Bertz CT molecular complexity index is 1290. The van der Waals surface area contributed by atoms with Crippen LogP contribution in [-0.4, -0.2) is 47.8 Å². The summed E-state index contributed by atoms with van der Waals surface area (Å²) in [6, 6.07) is 4.33. The molecule has 10 nitrogen and oxygen atoms in total. The molecule has 2 rings (SSSR count). The second-order valence-corrected chi connectivity index (χ2v) is 9.25. The van der Waals surface area contributed by atoms with Crippen LogP contribution in [0.4, 0.5) is 43.4 Å². The van der Waals surface area contributed by atoms with Crippen LogP contribution in [0.15, 0.2) is 47.4 Å². The first-order valence-electron chi connectivity index (χ1n) is 9.34. The van der Waals surface area contributed by atoms with Crippen LogP contribution in [0, 0.1) is 10.1 Å². The van der Waals surface area contributed by atoms with Crippen molar-refractivity contribution in [3.8, 4) is 0 Å². The SMILES string of the molecule is CC(=O)Nc1ccc(S(=O)(=O)CC(O)(C(=O)Nc2ccc([N+](=O)[O-])c(C(F)(F)F)c2)C(F)(F)F)cc1. The average molecular weight is 543 g/mol. The predicted molar refractivity (Wildman–Crippen MR) is 111 cm³/mol. The van der Waals surface area contributed by atoms with E-state index in [0.717, 1.165) is 31.2 Å². The summed E-state index contributed by atoms with van der Waals surface area (Å²) >= 11 is 0. The van der Waals surface area contributed by atoms with Crippen LogP contribution >= 0.6 is 0 Å². The van der Waals surface area contributed by atoms with Gasteiger partial charge >= 0.3 is 12.4 Å². The normalized spacial score (nSPS) is 14.0. The molecule has 0 fully saturated rings. The molecule has 0 heterocycles. The van der Waals surface area contributed by atoms with Crippen molar-refractivity contribution in [2.24, 2.45) is 0 Å². The second kappa shape index (κ2) is 9.73. The van der Waals surface area contributed by atoms with Gasteiger partial charge in [0.15, 0.2) is 9.84 Å². The third kappa shape index (κ3) is 6.28. The van der Waals surface area contributed by atoms with Gasteiger partial charge in [0, 0.05) is 24.4 Å². The van der Waals surface area contributed by atoms with Crippen molar-refractivity contribution < 1.29 is 54.4 Å². The third-order valence-electron chi connectivity index (χ3n) is 4.53. The Morgan fingerprint density at radius 3 is 1.94 bits per heavy atom. The van der Waals surface area contributed by atoms with Crippen molar-refractivity contribution in [1.82, 2.24) is 0 Å². The first kappa shape index (κ1) is 28.5. The molecule has 2 aromatic carbocycles. The standard InChI is InChI=1S/C19H15F6N3O7S/c1-10(29)26-11-2-5-13(6-3-11)36(34,35)9-17(31,19(23,24)25)16(30)27-12-4-7-15(28(32)33)14(8-12)18(20,21)22/h2-8,31H,9H2,1H3,(H,26,29)(H,27,30). The first-order valence-corrected chi connectivity index (χ1v) is 11.0. The summed E-state index contributed by atoms with van der Waals surface area (Å²) < 4.78 is 105. The fraction of sp³-hybridized carbons (Fsp3) is 0.263. The van der Waals surface area contributed by atoms with Crippen molar-refractivity contribution in [3.63, 3.8) is 0 Å². The highest BCUT2D eigenvalue weighted by molar-refractivity contribution is 7.91. The Hall–Kier alpha value is -3.73.